The molecule has 0 radical (unpaired) electrons. The summed E-state index contributed by atoms with van der Waals surface area (Å²) >= 11 is -0.931. The number of rotatable bonds is 0. The average molecular weight is 150 g/mol. The molecule has 0 bridgehead atoms. The second kappa shape index (κ2) is 8.86. The van der Waals surface area contributed by atoms with E-state index in [1.807, 2.05) is 0 Å². The number of halogens is 2. The van der Waals surface area contributed by atoms with E-state index >= 15 is 0 Å². The third kappa shape index (κ3) is 10.5. The van der Waals surface area contributed by atoms with Gasteiger partial charge in [-0.25, -0.2) is 0 Å². The van der Waals surface area contributed by atoms with Gasteiger partial charge in [-0.15, -0.1) is 0 Å². The van der Waals surface area contributed by atoms with Crippen LogP contribution in [-0.4, -0.2) is 8.41 Å². The van der Waals surface area contributed by atoms with Gasteiger partial charge in [-0.05, 0) is 0 Å². The molecule has 0 heterocycles. The van der Waals surface area contributed by atoms with E-state index in [-0.39, 0.29) is 8.41 Å². The minimum atomic E-state index is -0.931. The summed E-state index contributed by atoms with van der Waals surface area (Å²) in [7, 11) is 9.90. The van der Waals surface area contributed by atoms with Crippen molar-refractivity contribution in [3.63, 3.8) is 0 Å². The van der Waals surface area contributed by atoms with Crippen molar-refractivity contribution in [3.05, 3.63) is 0 Å². The average Bonchev–Trinajstić information content (AvgIpc) is 0.918. The molecule has 4 heteroatoms. The molecule has 0 aromatic carbocycles. The molecule has 0 atom stereocenters. The predicted octanol–water partition coefficient (Wildman–Crippen LogP) is 0.193. The molecule has 4 heavy (non-hydrogen) atoms. The summed E-state index contributed by atoms with van der Waals surface area (Å²) in [5.74, 6) is 0. The Hall–Kier alpha value is 1.27. The third-order valence-electron chi connectivity index (χ3n) is 0. The van der Waals surface area contributed by atoms with Gasteiger partial charge >= 0.3 is 34.5 Å². The Morgan fingerprint density at radius 1 is 1.25 bits per heavy atom. The summed E-state index contributed by atoms with van der Waals surface area (Å²) in [6.45, 7) is 0. The summed E-state index contributed by atoms with van der Waals surface area (Å²) in [6, 6.07) is 0. The van der Waals surface area contributed by atoms with Gasteiger partial charge in [0.15, 0.2) is 0 Å². The van der Waals surface area contributed by atoms with E-state index in [1.165, 1.54) is 0 Å². The Bertz CT molecular complexity index is 6.00. The summed E-state index contributed by atoms with van der Waals surface area (Å²) < 4.78 is 0. The van der Waals surface area contributed by atoms with Gasteiger partial charge in [-0.1, -0.05) is 0 Å². The number of hydrogen-bond acceptors (Lipinski definition) is 0. The van der Waals surface area contributed by atoms with Crippen molar-refractivity contribution in [3.8, 4) is 0 Å². The van der Waals surface area contributed by atoms with Crippen LogP contribution in [0.1, 0.15) is 0 Å². The first-order valence-corrected chi connectivity index (χ1v) is 8.33. The van der Waals surface area contributed by atoms with Crippen molar-refractivity contribution in [1.82, 2.24) is 0 Å². The molecule has 0 N–H and O–H groups in total. The Kier molecular flexibility index (Phi) is 19.9. The van der Waals surface area contributed by atoms with Crippen molar-refractivity contribution >= 4 is 27.8 Å². The van der Waals surface area contributed by atoms with E-state index in [0.717, 1.165) is 0 Å². The second-order valence-corrected chi connectivity index (χ2v) is 4.72. The number of hydrogen-bond donors (Lipinski definition) is 0. The van der Waals surface area contributed by atoms with Crippen LogP contribution in [0, 0.1) is 0 Å². The van der Waals surface area contributed by atoms with Crippen LogP contribution >= 0.6 is 19.4 Å². The van der Waals surface area contributed by atoms with Crippen LogP contribution in [0.2, 0.25) is 0 Å². The van der Waals surface area contributed by atoms with Crippen LogP contribution in [0.15, 0.2) is 0 Å². The topological polar surface area (TPSA) is 0 Å². The first kappa shape index (κ1) is 8.99. The van der Waals surface area contributed by atoms with E-state index in [4.69, 9.17) is 19.4 Å². The molecule has 0 fully saturated rings. The molecule has 0 saturated carbocycles. The molecule has 0 rings (SSSR count). The normalized spacial score (nSPS) is 2.50. The first-order valence-electron chi connectivity index (χ1n) is 0.535. The molecule has 0 aliphatic heterocycles. The van der Waals surface area contributed by atoms with E-state index in [1.54, 1.807) is 0 Å². The van der Waals surface area contributed by atoms with Gasteiger partial charge in [0.1, 0.15) is 0 Å². The molecule has 0 spiro atoms. The predicted molar refractivity (Wildman–Crippen MR) is 21.6 cm³/mol. The molecule has 0 unspecified atom stereocenters. The Labute approximate surface area is 43.1 Å². The van der Waals surface area contributed by atoms with E-state index in [9.17, 15) is 0 Å². The van der Waals surface area contributed by atoms with Crippen LogP contribution in [0.4, 0.5) is 0 Å². The van der Waals surface area contributed by atoms with Gasteiger partial charge in [-0.2, -0.15) is 0 Å². The minimum absolute atomic E-state index is 0. The monoisotopic (exact) mass is 148 g/mol. The molecule has 0 aromatic heterocycles. The first-order chi connectivity index (χ1) is 1.41. The fourth-order valence-electron chi connectivity index (χ4n) is 0. The zero-order valence-corrected chi connectivity index (χ0v) is 5.94. The zero-order chi connectivity index (χ0) is 2.71. The Morgan fingerprint density at radius 3 is 1.25 bits per heavy atom. The fourth-order valence-corrected chi connectivity index (χ4v) is 0. The van der Waals surface area contributed by atoms with Crippen molar-refractivity contribution in [2.75, 3.05) is 0 Å². The van der Waals surface area contributed by atoms with Crippen LogP contribution in [0.25, 0.3) is 0 Å². The maximum atomic E-state index is 4.95. The van der Waals surface area contributed by atoms with Crippen molar-refractivity contribution in [2.24, 2.45) is 0 Å². The maximum absolute atomic E-state index is 4.95. The summed E-state index contributed by atoms with van der Waals surface area (Å²) in [6.07, 6.45) is 0. The van der Waals surface area contributed by atoms with E-state index in [0.29, 0.717) is 0 Å². The van der Waals surface area contributed by atoms with Gasteiger partial charge < -0.3 is 0 Å². The molecular formula is H3BCl2Zn. The quantitative estimate of drug-likeness (QED) is 0.432. The molecule has 0 aliphatic carbocycles. The van der Waals surface area contributed by atoms with Crippen molar-refractivity contribution in [1.29, 1.82) is 0 Å². The molecular weight excluding hydrogens is 147 g/mol. The Balaban J connectivity index is 0. The van der Waals surface area contributed by atoms with Gasteiger partial charge in [0, 0.05) is 0 Å². The van der Waals surface area contributed by atoms with Gasteiger partial charge in [-0.3, -0.25) is 0 Å². The SMILES string of the molecule is B.[Cl][Zn][Cl]. The summed E-state index contributed by atoms with van der Waals surface area (Å²) in [5, 5.41) is 0. The molecule has 0 saturated heterocycles. The van der Waals surface area contributed by atoms with Gasteiger partial charge in [0.25, 0.3) is 0 Å². The van der Waals surface area contributed by atoms with Crippen molar-refractivity contribution in [2.45, 2.75) is 0 Å². The molecule has 0 aromatic rings. The van der Waals surface area contributed by atoms with Gasteiger partial charge in [0.2, 0.25) is 0 Å². The Morgan fingerprint density at radius 2 is 1.25 bits per heavy atom. The van der Waals surface area contributed by atoms with Crippen molar-refractivity contribution < 1.29 is 15.1 Å². The molecule has 22 valence electrons. The van der Waals surface area contributed by atoms with E-state index in [2.05, 4.69) is 0 Å². The standard InChI is InChI=1S/BH3.2ClH.Zn/h1H3;2*1H;/q;;;+2/p-2. The molecule has 0 aliphatic rings. The molecule has 0 nitrogen and oxygen atoms in total. The van der Waals surface area contributed by atoms with Gasteiger partial charge in [0.05, 0.1) is 8.41 Å². The van der Waals surface area contributed by atoms with Crippen LogP contribution < -0.4 is 0 Å². The van der Waals surface area contributed by atoms with Crippen LogP contribution in [-0.2, 0) is 15.1 Å². The van der Waals surface area contributed by atoms with E-state index < -0.39 is 15.1 Å². The second-order valence-electron chi connectivity index (χ2n) is 0.101. The summed E-state index contributed by atoms with van der Waals surface area (Å²) in [5.41, 5.74) is 0. The van der Waals surface area contributed by atoms with Crippen LogP contribution in [0.5, 0.6) is 0 Å². The zero-order valence-electron chi connectivity index (χ0n) is 1.46. The summed E-state index contributed by atoms with van der Waals surface area (Å²) in [4.78, 5) is 0. The third-order valence-corrected chi connectivity index (χ3v) is 0. The molecule has 0 amide bonds. The van der Waals surface area contributed by atoms with Crippen LogP contribution in [0.3, 0.4) is 0 Å². The fraction of sp³-hybridized carbons (Fsp3) is 0.